The fraction of sp³-hybridized carbons (Fsp3) is 0.435. The molecular formula is C23H34N4O2. The summed E-state index contributed by atoms with van der Waals surface area (Å²) in [5.41, 5.74) is 3.10. The first kappa shape index (κ1) is 22.6. The Morgan fingerprint density at radius 2 is 1.83 bits per heavy atom. The third-order valence-electron chi connectivity index (χ3n) is 4.29. The number of aliphatic hydroxyl groups is 1. The van der Waals surface area contributed by atoms with Crippen molar-refractivity contribution >= 4 is 11.6 Å². The van der Waals surface area contributed by atoms with Gasteiger partial charge in [0.15, 0.2) is 5.96 Å². The van der Waals surface area contributed by atoms with Crippen LogP contribution in [0, 0.1) is 0 Å². The molecule has 0 spiro atoms. The van der Waals surface area contributed by atoms with Crippen molar-refractivity contribution in [2.24, 2.45) is 4.99 Å². The fourth-order valence-electron chi connectivity index (χ4n) is 2.79. The SMILES string of the molecule is CCNC(=NCc1ccc(N(C)C)cc1)NCC(O)c1cccc(OC(C)C)c1. The number of benzene rings is 2. The van der Waals surface area contributed by atoms with E-state index in [1.165, 1.54) is 0 Å². The minimum Gasteiger partial charge on any atom is -0.491 e. The predicted molar refractivity (Wildman–Crippen MR) is 121 cm³/mol. The molecule has 0 saturated carbocycles. The van der Waals surface area contributed by atoms with E-state index in [-0.39, 0.29) is 6.10 Å². The molecule has 1 unspecified atom stereocenters. The number of nitrogens with zero attached hydrogens (tertiary/aromatic N) is 2. The van der Waals surface area contributed by atoms with E-state index in [0.29, 0.717) is 19.0 Å². The highest BCUT2D eigenvalue weighted by Gasteiger charge is 2.10. The largest absolute Gasteiger partial charge is 0.491 e. The predicted octanol–water partition coefficient (Wildman–Crippen LogP) is 3.33. The molecule has 0 heterocycles. The number of anilines is 1. The van der Waals surface area contributed by atoms with E-state index in [0.717, 1.165) is 29.1 Å². The van der Waals surface area contributed by atoms with E-state index in [4.69, 9.17) is 4.74 Å². The number of ether oxygens (including phenoxy) is 1. The van der Waals surface area contributed by atoms with Gasteiger partial charge in [-0.15, -0.1) is 0 Å². The molecule has 0 aliphatic heterocycles. The Kier molecular flexibility index (Phi) is 8.80. The van der Waals surface area contributed by atoms with Gasteiger partial charge in [0.1, 0.15) is 5.75 Å². The topological polar surface area (TPSA) is 69.1 Å². The van der Waals surface area contributed by atoms with Crippen LogP contribution in [0.1, 0.15) is 38.0 Å². The molecule has 0 aromatic heterocycles. The molecule has 2 aromatic rings. The number of guanidine groups is 1. The lowest BCUT2D eigenvalue weighted by molar-refractivity contribution is 0.179. The maximum atomic E-state index is 10.6. The minimum absolute atomic E-state index is 0.0970. The van der Waals surface area contributed by atoms with Crippen molar-refractivity contribution in [3.8, 4) is 5.75 Å². The molecule has 0 radical (unpaired) electrons. The van der Waals surface area contributed by atoms with Gasteiger partial charge in [-0.2, -0.15) is 0 Å². The second-order valence-corrected chi connectivity index (χ2v) is 7.39. The highest BCUT2D eigenvalue weighted by molar-refractivity contribution is 5.79. The van der Waals surface area contributed by atoms with Crippen LogP contribution in [0.3, 0.4) is 0 Å². The van der Waals surface area contributed by atoms with Crippen molar-refractivity contribution in [3.63, 3.8) is 0 Å². The molecule has 3 N–H and O–H groups in total. The second-order valence-electron chi connectivity index (χ2n) is 7.39. The zero-order valence-electron chi connectivity index (χ0n) is 18.1. The first-order valence-electron chi connectivity index (χ1n) is 10.1. The Labute approximate surface area is 174 Å². The first-order chi connectivity index (χ1) is 13.9. The molecule has 0 saturated heterocycles. The third kappa shape index (κ3) is 7.66. The number of aliphatic hydroxyl groups excluding tert-OH is 1. The number of aliphatic imine (C=N–C) groups is 1. The number of hydrogen-bond acceptors (Lipinski definition) is 4. The zero-order chi connectivity index (χ0) is 21.2. The number of nitrogens with one attached hydrogen (secondary N) is 2. The summed E-state index contributed by atoms with van der Waals surface area (Å²) in [6.45, 7) is 7.66. The molecule has 0 amide bonds. The van der Waals surface area contributed by atoms with Gasteiger partial charge in [-0.05, 0) is 56.2 Å². The van der Waals surface area contributed by atoms with Crippen LogP contribution >= 0.6 is 0 Å². The van der Waals surface area contributed by atoms with Crippen LogP contribution in [0.2, 0.25) is 0 Å². The summed E-state index contributed by atoms with van der Waals surface area (Å²) >= 11 is 0. The first-order valence-corrected chi connectivity index (χ1v) is 10.1. The lowest BCUT2D eigenvalue weighted by Gasteiger charge is -2.17. The molecule has 0 bridgehead atoms. The lowest BCUT2D eigenvalue weighted by atomic mass is 10.1. The molecule has 2 rings (SSSR count). The van der Waals surface area contributed by atoms with Gasteiger partial charge in [0.2, 0.25) is 0 Å². The molecule has 0 fully saturated rings. The van der Waals surface area contributed by atoms with Gasteiger partial charge < -0.3 is 25.4 Å². The lowest BCUT2D eigenvalue weighted by Crippen LogP contribution is -2.39. The summed E-state index contributed by atoms with van der Waals surface area (Å²) in [6, 6.07) is 15.9. The van der Waals surface area contributed by atoms with Crippen LogP contribution in [0.5, 0.6) is 5.75 Å². The Bertz CT molecular complexity index is 773. The van der Waals surface area contributed by atoms with Crippen LogP contribution in [-0.2, 0) is 6.54 Å². The van der Waals surface area contributed by atoms with Gasteiger partial charge >= 0.3 is 0 Å². The highest BCUT2D eigenvalue weighted by Crippen LogP contribution is 2.20. The molecule has 29 heavy (non-hydrogen) atoms. The van der Waals surface area contributed by atoms with Crippen molar-refractivity contribution in [2.75, 3.05) is 32.1 Å². The maximum absolute atomic E-state index is 10.6. The molecule has 1 atom stereocenters. The molecule has 2 aromatic carbocycles. The standard InChI is InChI=1S/C23H34N4O2/c1-6-24-23(25-15-18-10-12-20(13-11-18)27(4)5)26-16-22(28)19-8-7-9-21(14-19)29-17(2)3/h7-14,17,22,28H,6,15-16H2,1-5H3,(H2,24,25,26). The maximum Gasteiger partial charge on any atom is 0.191 e. The highest BCUT2D eigenvalue weighted by atomic mass is 16.5. The Morgan fingerprint density at radius 3 is 2.45 bits per heavy atom. The van der Waals surface area contributed by atoms with Gasteiger partial charge in [-0.25, -0.2) is 4.99 Å². The second kappa shape index (κ2) is 11.3. The summed E-state index contributed by atoms with van der Waals surface area (Å²) < 4.78 is 5.71. The summed E-state index contributed by atoms with van der Waals surface area (Å²) in [7, 11) is 4.05. The summed E-state index contributed by atoms with van der Waals surface area (Å²) in [6.07, 6.45) is -0.561. The Balaban J connectivity index is 1.96. The number of rotatable bonds is 9. The molecule has 0 aliphatic rings. The van der Waals surface area contributed by atoms with Gasteiger partial charge in [0.25, 0.3) is 0 Å². The van der Waals surface area contributed by atoms with Gasteiger partial charge in [0, 0.05) is 32.9 Å². The van der Waals surface area contributed by atoms with Crippen LogP contribution in [0.15, 0.2) is 53.5 Å². The monoisotopic (exact) mass is 398 g/mol. The normalized spacial score (nSPS) is 12.6. The zero-order valence-corrected chi connectivity index (χ0v) is 18.1. The Morgan fingerprint density at radius 1 is 1.10 bits per heavy atom. The van der Waals surface area contributed by atoms with Crippen LogP contribution < -0.4 is 20.3 Å². The fourth-order valence-corrected chi connectivity index (χ4v) is 2.79. The van der Waals surface area contributed by atoms with Gasteiger partial charge in [-0.3, -0.25) is 0 Å². The van der Waals surface area contributed by atoms with Crippen molar-refractivity contribution in [1.29, 1.82) is 0 Å². The smallest absolute Gasteiger partial charge is 0.191 e. The third-order valence-corrected chi connectivity index (χ3v) is 4.29. The molecule has 6 heteroatoms. The summed E-state index contributed by atoms with van der Waals surface area (Å²) in [5, 5.41) is 17.0. The van der Waals surface area contributed by atoms with Crippen molar-refractivity contribution in [3.05, 3.63) is 59.7 Å². The molecule has 6 nitrogen and oxygen atoms in total. The average Bonchev–Trinajstić information content (AvgIpc) is 2.69. The number of hydrogen-bond donors (Lipinski definition) is 3. The molecule has 0 aliphatic carbocycles. The quantitative estimate of drug-likeness (QED) is 0.447. The van der Waals surface area contributed by atoms with Crippen LogP contribution in [-0.4, -0.2) is 44.4 Å². The van der Waals surface area contributed by atoms with Crippen molar-refractivity contribution in [2.45, 2.75) is 39.5 Å². The minimum atomic E-state index is -0.658. The van der Waals surface area contributed by atoms with Crippen molar-refractivity contribution in [1.82, 2.24) is 10.6 Å². The van der Waals surface area contributed by atoms with Crippen LogP contribution in [0.25, 0.3) is 0 Å². The van der Waals surface area contributed by atoms with Gasteiger partial charge in [0.05, 0.1) is 18.8 Å². The summed E-state index contributed by atoms with van der Waals surface area (Å²) in [4.78, 5) is 6.70. The van der Waals surface area contributed by atoms with Crippen molar-refractivity contribution < 1.29 is 9.84 Å². The van der Waals surface area contributed by atoms with E-state index in [1.54, 1.807) is 0 Å². The molecule has 158 valence electrons. The van der Waals surface area contributed by atoms with Crippen LogP contribution in [0.4, 0.5) is 5.69 Å². The summed E-state index contributed by atoms with van der Waals surface area (Å²) in [5.74, 6) is 1.44. The van der Waals surface area contributed by atoms with E-state index >= 15 is 0 Å². The van der Waals surface area contributed by atoms with E-state index in [9.17, 15) is 5.11 Å². The Hall–Kier alpha value is -2.73. The average molecular weight is 399 g/mol. The van der Waals surface area contributed by atoms with E-state index in [1.807, 2.05) is 59.1 Å². The van der Waals surface area contributed by atoms with E-state index in [2.05, 4.69) is 44.8 Å². The van der Waals surface area contributed by atoms with Gasteiger partial charge in [-0.1, -0.05) is 24.3 Å². The molecular weight excluding hydrogens is 364 g/mol. The van der Waals surface area contributed by atoms with E-state index < -0.39 is 6.10 Å².